The van der Waals surface area contributed by atoms with Gasteiger partial charge in [0.1, 0.15) is 0 Å². The summed E-state index contributed by atoms with van der Waals surface area (Å²) in [4.78, 5) is 2.48. The van der Waals surface area contributed by atoms with E-state index in [1.807, 2.05) is 6.07 Å². The van der Waals surface area contributed by atoms with Crippen molar-refractivity contribution < 1.29 is 9.13 Å². The molecule has 0 bridgehead atoms. The first-order valence-electron chi connectivity index (χ1n) is 8.01. The van der Waals surface area contributed by atoms with Gasteiger partial charge in [0.25, 0.3) is 0 Å². The Labute approximate surface area is 126 Å². The van der Waals surface area contributed by atoms with Crippen molar-refractivity contribution in [3.8, 4) is 5.75 Å². The third-order valence-electron chi connectivity index (χ3n) is 4.86. The van der Waals surface area contributed by atoms with Gasteiger partial charge >= 0.3 is 0 Å². The Morgan fingerprint density at radius 3 is 2.81 bits per heavy atom. The molecule has 0 unspecified atom stereocenters. The maximum Gasteiger partial charge on any atom is 0.165 e. The Hall–Kier alpha value is -1.13. The third-order valence-corrected chi connectivity index (χ3v) is 4.86. The number of ether oxygens (including phenoxy) is 1. The molecule has 4 heteroatoms. The average Bonchev–Trinajstić information content (AvgIpc) is 2.82. The van der Waals surface area contributed by atoms with Crippen LogP contribution in [0, 0.1) is 5.82 Å². The molecule has 2 fully saturated rings. The molecule has 3 rings (SSSR count). The van der Waals surface area contributed by atoms with Gasteiger partial charge < -0.3 is 10.1 Å². The van der Waals surface area contributed by atoms with Crippen LogP contribution in [0.1, 0.15) is 37.7 Å². The molecule has 3 nitrogen and oxygen atoms in total. The maximum absolute atomic E-state index is 13.8. The zero-order valence-electron chi connectivity index (χ0n) is 12.8. The molecule has 21 heavy (non-hydrogen) atoms. The molecule has 1 aromatic rings. The number of hydrogen-bond acceptors (Lipinski definition) is 3. The smallest absolute Gasteiger partial charge is 0.165 e. The van der Waals surface area contributed by atoms with Crippen LogP contribution in [0.4, 0.5) is 4.39 Å². The molecule has 1 spiro atoms. The number of nitrogens with one attached hydrogen (secondary N) is 1. The minimum atomic E-state index is -0.265. The monoisotopic (exact) mass is 292 g/mol. The van der Waals surface area contributed by atoms with Crippen LogP contribution in [0.25, 0.3) is 0 Å². The predicted octanol–water partition coefficient (Wildman–Crippen LogP) is 2.94. The summed E-state index contributed by atoms with van der Waals surface area (Å²) in [6.45, 7) is 4.10. The summed E-state index contributed by atoms with van der Waals surface area (Å²) in [5, 5.41) is 3.77. The molecule has 2 aliphatic rings. The largest absolute Gasteiger partial charge is 0.494 e. The number of halogens is 1. The molecule has 116 valence electrons. The maximum atomic E-state index is 13.8. The fraction of sp³-hybridized carbons (Fsp3) is 0.647. The molecule has 0 aromatic heterocycles. The van der Waals surface area contributed by atoms with Crippen molar-refractivity contribution >= 4 is 0 Å². The molecule has 1 N–H and O–H groups in total. The van der Waals surface area contributed by atoms with Crippen molar-refractivity contribution in [1.82, 2.24) is 10.2 Å². The molecule has 1 heterocycles. The summed E-state index contributed by atoms with van der Waals surface area (Å²) in [5.74, 6) is 0.0575. The van der Waals surface area contributed by atoms with Crippen LogP contribution < -0.4 is 10.1 Å². The predicted molar refractivity (Wildman–Crippen MR) is 82.0 cm³/mol. The van der Waals surface area contributed by atoms with Crippen LogP contribution in [-0.4, -0.2) is 37.2 Å². The van der Waals surface area contributed by atoms with E-state index < -0.39 is 0 Å². The van der Waals surface area contributed by atoms with Gasteiger partial charge in [0.2, 0.25) is 0 Å². The van der Waals surface area contributed by atoms with E-state index in [-0.39, 0.29) is 5.82 Å². The number of hydrogen-bond donors (Lipinski definition) is 1. The van der Waals surface area contributed by atoms with E-state index in [0.717, 1.165) is 31.7 Å². The van der Waals surface area contributed by atoms with Crippen LogP contribution in [-0.2, 0) is 6.54 Å². The molecule has 1 saturated carbocycles. The van der Waals surface area contributed by atoms with Crippen LogP contribution in [0.5, 0.6) is 5.75 Å². The van der Waals surface area contributed by atoms with E-state index in [9.17, 15) is 4.39 Å². The van der Waals surface area contributed by atoms with E-state index in [1.54, 1.807) is 12.1 Å². The van der Waals surface area contributed by atoms with Crippen molar-refractivity contribution in [2.24, 2.45) is 0 Å². The second-order valence-electron chi connectivity index (χ2n) is 6.45. The summed E-state index contributed by atoms with van der Waals surface area (Å²) in [5.41, 5.74) is 1.34. The summed E-state index contributed by atoms with van der Waals surface area (Å²) < 4.78 is 18.8. The van der Waals surface area contributed by atoms with Crippen LogP contribution in [0.3, 0.4) is 0 Å². The summed E-state index contributed by atoms with van der Waals surface area (Å²) in [6, 6.07) is 5.31. The van der Waals surface area contributed by atoms with E-state index in [2.05, 4.69) is 10.2 Å². The lowest BCUT2D eigenvalue weighted by Crippen LogP contribution is -2.49. The highest BCUT2D eigenvalue weighted by Gasteiger charge is 2.36. The first kappa shape index (κ1) is 14.8. The lowest BCUT2D eigenvalue weighted by molar-refractivity contribution is 0.203. The Kier molecular flexibility index (Phi) is 4.45. The first-order valence-corrected chi connectivity index (χ1v) is 8.01. The van der Waals surface area contributed by atoms with Gasteiger partial charge in [-0.3, -0.25) is 4.90 Å². The highest BCUT2D eigenvalue weighted by Crippen LogP contribution is 2.32. The van der Waals surface area contributed by atoms with Crippen molar-refractivity contribution in [3.05, 3.63) is 29.6 Å². The zero-order valence-corrected chi connectivity index (χ0v) is 12.8. The lowest BCUT2D eigenvalue weighted by atomic mass is 9.97. The second-order valence-corrected chi connectivity index (χ2v) is 6.45. The summed E-state index contributed by atoms with van der Waals surface area (Å²) >= 11 is 0. The number of nitrogens with zero attached hydrogens (tertiary/aromatic N) is 1. The van der Waals surface area contributed by atoms with E-state index in [0.29, 0.717) is 11.3 Å². The van der Waals surface area contributed by atoms with E-state index >= 15 is 0 Å². The van der Waals surface area contributed by atoms with Crippen LogP contribution in [0.2, 0.25) is 0 Å². The van der Waals surface area contributed by atoms with Crippen molar-refractivity contribution in [1.29, 1.82) is 0 Å². The Morgan fingerprint density at radius 2 is 2.10 bits per heavy atom. The van der Waals surface area contributed by atoms with E-state index in [4.69, 9.17) is 4.74 Å². The minimum absolute atomic E-state index is 0.265. The van der Waals surface area contributed by atoms with Crippen molar-refractivity contribution in [2.45, 2.75) is 44.2 Å². The van der Waals surface area contributed by atoms with Gasteiger partial charge in [-0.1, -0.05) is 18.9 Å². The van der Waals surface area contributed by atoms with Gasteiger partial charge in [-0.25, -0.2) is 4.39 Å². The highest BCUT2D eigenvalue weighted by molar-refractivity contribution is 5.29. The van der Waals surface area contributed by atoms with Gasteiger partial charge in [0.05, 0.1) is 7.11 Å². The molecular weight excluding hydrogens is 267 g/mol. The Bertz CT molecular complexity index is 486. The second kappa shape index (κ2) is 6.32. The van der Waals surface area contributed by atoms with E-state index in [1.165, 1.54) is 39.2 Å². The van der Waals surface area contributed by atoms with Gasteiger partial charge in [0, 0.05) is 18.6 Å². The molecule has 1 saturated heterocycles. The van der Waals surface area contributed by atoms with Crippen LogP contribution in [0.15, 0.2) is 18.2 Å². The topological polar surface area (TPSA) is 24.5 Å². The van der Waals surface area contributed by atoms with Gasteiger partial charge in [-0.2, -0.15) is 0 Å². The van der Waals surface area contributed by atoms with Gasteiger partial charge in [-0.05, 0) is 50.0 Å². The quantitative estimate of drug-likeness (QED) is 0.927. The molecule has 1 aromatic carbocycles. The number of rotatable bonds is 3. The van der Waals surface area contributed by atoms with Crippen molar-refractivity contribution in [2.75, 3.05) is 26.7 Å². The fourth-order valence-corrected chi connectivity index (χ4v) is 3.81. The first-order chi connectivity index (χ1) is 10.2. The standard InChI is InChI=1S/C17H25FN2O/c1-21-16-6-5-14(11-15(16)18)12-20-10-4-9-19-17(13-20)7-2-3-8-17/h5-6,11,19H,2-4,7-10,12-13H2,1H3. The minimum Gasteiger partial charge on any atom is -0.494 e. The van der Waals surface area contributed by atoms with Crippen molar-refractivity contribution in [3.63, 3.8) is 0 Å². The Balaban J connectivity index is 1.69. The van der Waals surface area contributed by atoms with Gasteiger partial charge in [-0.15, -0.1) is 0 Å². The summed E-state index contributed by atoms with van der Waals surface area (Å²) in [6.07, 6.45) is 6.39. The molecule has 0 amide bonds. The lowest BCUT2D eigenvalue weighted by Gasteiger charge is -2.33. The molecule has 0 atom stereocenters. The number of benzene rings is 1. The molecule has 1 aliphatic carbocycles. The normalized spacial score (nSPS) is 22.4. The molecule has 1 aliphatic heterocycles. The third kappa shape index (κ3) is 3.38. The summed E-state index contributed by atoms with van der Waals surface area (Å²) in [7, 11) is 1.50. The van der Waals surface area contributed by atoms with Gasteiger partial charge in [0.15, 0.2) is 11.6 Å². The highest BCUT2D eigenvalue weighted by atomic mass is 19.1. The molecular formula is C17H25FN2O. The SMILES string of the molecule is COc1ccc(CN2CCCNC3(CCCC3)C2)cc1F. The van der Waals surface area contributed by atoms with Crippen LogP contribution >= 0.6 is 0 Å². The average molecular weight is 292 g/mol. The molecule has 0 radical (unpaired) electrons. The Morgan fingerprint density at radius 1 is 1.29 bits per heavy atom. The fourth-order valence-electron chi connectivity index (χ4n) is 3.81. The zero-order chi connectivity index (χ0) is 14.7. The number of methoxy groups -OCH3 is 1.